The van der Waals surface area contributed by atoms with E-state index in [9.17, 15) is 14.4 Å². The lowest BCUT2D eigenvalue weighted by molar-refractivity contribution is -0.144. The van der Waals surface area contributed by atoms with Gasteiger partial charge in [-0.05, 0) is 63.9 Å². The van der Waals surface area contributed by atoms with Crippen LogP contribution in [0.2, 0.25) is 14.4 Å². The zero-order valence-electron chi connectivity index (χ0n) is 24.1. The molecule has 1 fully saturated rings. The fourth-order valence-corrected chi connectivity index (χ4v) is 6.69. The molecule has 1 aromatic carbocycles. The molecule has 3 heterocycles. The lowest BCUT2D eigenvalue weighted by Crippen LogP contribution is -2.51. The molecule has 4 rings (SSSR count). The smallest absolute Gasteiger partial charge is 0.325 e. The molecule has 3 aromatic rings. The molecule has 0 radical (unpaired) electrons. The van der Waals surface area contributed by atoms with Crippen molar-refractivity contribution in [1.29, 1.82) is 0 Å². The topological polar surface area (TPSA) is 83.9 Å². The van der Waals surface area contributed by atoms with Crippen LogP contribution in [0.1, 0.15) is 53.8 Å². The molecule has 12 heteroatoms. The predicted molar refractivity (Wildman–Crippen MR) is 170 cm³/mol. The van der Waals surface area contributed by atoms with Gasteiger partial charge in [0.15, 0.2) is 5.78 Å². The first-order valence-electron chi connectivity index (χ1n) is 13.9. The second-order valence-electron chi connectivity index (χ2n) is 10.4. The molecule has 42 heavy (non-hydrogen) atoms. The molecule has 1 aliphatic heterocycles. The van der Waals surface area contributed by atoms with Gasteiger partial charge < -0.3 is 24.4 Å². The van der Waals surface area contributed by atoms with E-state index in [0.29, 0.717) is 47.6 Å². The number of fused-ring (bicyclic) bond motifs is 1. The highest BCUT2D eigenvalue weighted by molar-refractivity contribution is 7.18. The number of thiophene rings is 1. The molecule has 2 aromatic heterocycles. The fourth-order valence-electron chi connectivity index (χ4n) is 5.26. The van der Waals surface area contributed by atoms with Crippen LogP contribution in [-0.4, -0.2) is 77.4 Å². The van der Waals surface area contributed by atoms with Crippen molar-refractivity contribution in [2.45, 2.75) is 52.2 Å². The summed E-state index contributed by atoms with van der Waals surface area (Å²) in [4.78, 5) is 44.6. The van der Waals surface area contributed by atoms with E-state index in [0.717, 1.165) is 25.9 Å². The largest absolute Gasteiger partial charge is 0.465 e. The molecule has 0 bridgehead atoms. The molecule has 1 saturated heterocycles. The van der Waals surface area contributed by atoms with Gasteiger partial charge in [-0.15, -0.1) is 11.3 Å². The first-order valence-corrected chi connectivity index (χ1v) is 15.8. The number of likely N-dealkylation sites (tertiary alicyclic amines) is 1. The summed E-state index contributed by atoms with van der Waals surface area (Å²) in [5, 5.41) is 4.52. The third kappa shape index (κ3) is 7.32. The number of ether oxygens (including phenoxy) is 1. The standard InChI is InChI=1S/C30H35Cl3N4O4S/c1-5-41-28(39)17-36(20-10-12-35(13-11-20)18(2)3)30(40)24-15-21-22(31)6-7-23(32)29(21)37(24)16-19(34-4)14-25(38)26-8-9-27(33)42-26/h6-9,14-15,18,20,34H,5,10-13,16-17H2,1-4H3. The van der Waals surface area contributed by atoms with Gasteiger partial charge in [0.25, 0.3) is 5.91 Å². The maximum absolute atomic E-state index is 14.4. The minimum Gasteiger partial charge on any atom is -0.465 e. The second-order valence-corrected chi connectivity index (χ2v) is 12.9. The molecule has 0 aliphatic carbocycles. The number of carbonyl (C=O) groups is 3. The van der Waals surface area contributed by atoms with E-state index >= 15 is 0 Å². The number of aromatic nitrogens is 1. The Bertz CT molecular complexity index is 1490. The van der Waals surface area contributed by atoms with Gasteiger partial charge in [-0.2, -0.15) is 0 Å². The van der Waals surface area contributed by atoms with E-state index in [1.54, 1.807) is 53.8 Å². The maximum Gasteiger partial charge on any atom is 0.325 e. The maximum atomic E-state index is 14.4. The minimum atomic E-state index is -0.466. The zero-order chi connectivity index (χ0) is 30.6. The van der Waals surface area contributed by atoms with Crippen molar-refractivity contribution in [1.82, 2.24) is 19.7 Å². The average Bonchev–Trinajstić information content (AvgIpc) is 3.58. The van der Waals surface area contributed by atoms with Crippen LogP contribution in [-0.2, 0) is 16.1 Å². The highest BCUT2D eigenvalue weighted by Gasteiger charge is 2.33. The molecule has 8 nitrogen and oxygen atoms in total. The summed E-state index contributed by atoms with van der Waals surface area (Å²) >= 11 is 20.5. The van der Waals surface area contributed by atoms with Gasteiger partial charge >= 0.3 is 5.97 Å². The third-order valence-corrected chi connectivity index (χ3v) is 9.36. The van der Waals surface area contributed by atoms with Crippen LogP contribution in [0.3, 0.4) is 0 Å². The Hall–Kier alpha value is -2.56. The Balaban J connectivity index is 1.76. The van der Waals surface area contributed by atoms with Crippen LogP contribution in [0.25, 0.3) is 10.9 Å². The number of likely N-dealkylation sites (N-methyl/N-ethyl adjacent to an activating group) is 1. The van der Waals surface area contributed by atoms with Crippen molar-refractivity contribution in [3.8, 4) is 0 Å². The number of ketones is 1. The van der Waals surface area contributed by atoms with Gasteiger partial charge in [0.1, 0.15) is 12.2 Å². The summed E-state index contributed by atoms with van der Waals surface area (Å²) in [6.45, 7) is 7.85. The summed E-state index contributed by atoms with van der Waals surface area (Å²) in [5.41, 5.74) is 1.42. The number of hydrogen-bond acceptors (Lipinski definition) is 7. The molecular weight excluding hydrogens is 619 g/mol. The number of nitrogens with one attached hydrogen (secondary N) is 1. The summed E-state index contributed by atoms with van der Waals surface area (Å²) in [6, 6.07) is 8.66. The van der Waals surface area contributed by atoms with E-state index in [1.807, 2.05) is 0 Å². The minimum absolute atomic E-state index is 0.130. The summed E-state index contributed by atoms with van der Waals surface area (Å²) in [5.74, 6) is -1.02. The number of hydrogen-bond donors (Lipinski definition) is 1. The van der Waals surface area contributed by atoms with Gasteiger partial charge in [0.2, 0.25) is 0 Å². The molecule has 1 N–H and O–H groups in total. The van der Waals surface area contributed by atoms with Crippen molar-refractivity contribution >= 4 is 74.7 Å². The molecular formula is C30H35Cl3N4O4S. The van der Waals surface area contributed by atoms with Crippen LogP contribution >= 0.6 is 46.1 Å². The summed E-state index contributed by atoms with van der Waals surface area (Å²) in [6.07, 6.45) is 2.94. The summed E-state index contributed by atoms with van der Waals surface area (Å²) in [7, 11) is 1.71. The lowest BCUT2D eigenvalue weighted by Gasteiger charge is -2.39. The van der Waals surface area contributed by atoms with Gasteiger partial charge in [0.05, 0.1) is 37.9 Å². The van der Waals surface area contributed by atoms with E-state index in [1.165, 1.54) is 17.4 Å². The second kappa shape index (κ2) is 14.3. The van der Waals surface area contributed by atoms with Crippen molar-refractivity contribution in [2.75, 3.05) is 33.3 Å². The normalized spacial score (nSPS) is 14.9. The number of carbonyl (C=O) groups excluding carboxylic acids is 3. The fraction of sp³-hybridized carbons (Fsp3) is 0.433. The van der Waals surface area contributed by atoms with Crippen LogP contribution in [0.5, 0.6) is 0 Å². The molecule has 0 saturated carbocycles. The van der Waals surface area contributed by atoms with Crippen molar-refractivity contribution in [2.24, 2.45) is 0 Å². The van der Waals surface area contributed by atoms with Gasteiger partial charge in [-0.1, -0.05) is 34.8 Å². The Morgan fingerprint density at radius 3 is 2.40 bits per heavy atom. The monoisotopic (exact) mass is 652 g/mol. The van der Waals surface area contributed by atoms with Crippen LogP contribution in [0.4, 0.5) is 0 Å². The lowest BCUT2D eigenvalue weighted by atomic mass is 10.0. The highest BCUT2D eigenvalue weighted by atomic mass is 35.5. The number of esters is 1. The number of nitrogens with zero attached hydrogens (tertiary/aromatic N) is 3. The van der Waals surface area contributed by atoms with Gasteiger partial charge in [-0.3, -0.25) is 14.4 Å². The Kier molecular flexibility index (Phi) is 11.0. The van der Waals surface area contributed by atoms with Crippen molar-refractivity contribution in [3.63, 3.8) is 0 Å². The Morgan fingerprint density at radius 1 is 1.12 bits per heavy atom. The molecule has 1 amide bonds. The molecule has 0 unspecified atom stereocenters. The van der Waals surface area contributed by atoms with Crippen LogP contribution < -0.4 is 5.32 Å². The summed E-state index contributed by atoms with van der Waals surface area (Å²) < 4.78 is 7.52. The van der Waals surface area contributed by atoms with E-state index < -0.39 is 5.97 Å². The predicted octanol–water partition coefficient (Wildman–Crippen LogP) is 6.53. The van der Waals surface area contributed by atoms with Gasteiger partial charge in [0, 0.05) is 49.4 Å². The number of allylic oxidation sites excluding steroid dienone is 2. The zero-order valence-corrected chi connectivity index (χ0v) is 27.2. The highest BCUT2D eigenvalue weighted by Crippen LogP contribution is 2.34. The number of amides is 1. The Labute approximate surface area is 265 Å². The van der Waals surface area contributed by atoms with Crippen LogP contribution in [0.15, 0.2) is 42.1 Å². The quantitative estimate of drug-likeness (QED) is 0.144. The first kappa shape index (κ1) is 32.4. The van der Waals surface area contributed by atoms with Crippen LogP contribution in [0, 0.1) is 0 Å². The molecule has 0 spiro atoms. The van der Waals surface area contributed by atoms with E-state index in [2.05, 4.69) is 24.1 Å². The van der Waals surface area contributed by atoms with Gasteiger partial charge in [-0.25, -0.2) is 0 Å². The number of benzene rings is 1. The average molecular weight is 654 g/mol. The Morgan fingerprint density at radius 2 is 1.81 bits per heavy atom. The third-order valence-electron chi connectivity index (χ3n) is 7.48. The van der Waals surface area contributed by atoms with E-state index in [-0.39, 0.29) is 37.4 Å². The number of rotatable bonds is 11. The van der Waals surface area contributed by atoms with Crippen molar-refractivity contribution in [3.05, 3.63) is 67.1 Å². The number of halogens is 3. The number of piperidine rings is 1. The SMILES string of the molecule is CCOC(=O)CN(C(=O)c1cc2c(Cl)ccc(Cl)c2n1CC(=CC(=O)c1ccc(Cl)s1)NC)C1CCN(C(C)C)CC1. The van der Waals surface area contributed by atoms with E-state index in [4.69, 9.17) is 39.5 Å². The first-order chi connectivity index (χ1) is 20.0. The molecule has 0 atom stereocenters. The molecule has 1 aliphatic rings. The molecule has 226 valence electrons. The van der Waals surface area contributed by atoms with Crippen molar-refractivity contribution < 1.29 is 19.1 Å².